The molecule has 0 aliphatic heterocycles. The lowest BCUT2D eigenvalue weighted by atomic mass is 9.74. The molecule has 3 aromatic carbocycles. The van der Waals surface area contributed by atoms with Gasteiger partial charge in [0.15, 0.2) is 0 Å². The van der Waals surface area contributed by atoms with Gasteiger partial charge < -0.3 is 0 Å². The van der Waals surface area contributed by atoms with E-state index in [1.165, 1.54) is 33.4 Å². The molecular weight excluding hydrogens is 312 g/mol. The molecule has 0 atom stereocenters. The van der Waals surface area contributed by atoms with E-state index in [1.54, 1.807) is 0 Å². The first-order valence-corrected chi connectivity index (χ1v) is 9.48. The van der Waals surface area contributed by atoms with Gasteiger partial charge >= 0.3 is 0 Å². The van der Waals surface area contributed by atoms with Gasteiger partial charge in [-0.25, -0.2) is 0 Å². The highest BCUT2D eigenvalue weighted by Crippen LogP contribution is 2.43. The van der Waals surface area contributed by atoms with Crippen molar-refractivity contribution >= 4 is 0 Å². The molecule has 0 heteroatoms. The zero-order valence-corrected chi connectivity index (χ0v) is 16.9. The van der Waals surface area contributed by atoms with Crippen LogP contribution < -0.4 is 0 Å². The molecule has 3 aromatic rings. The van der Waals surface area contributed by atoms with Crippen molar-refractivity contribution in [3.8, 4) is 22.3 Å². The van der Waals surface area contributed by atoms with Crippen LogP contribution in [0.5, 0.6) is 0 Å². The summed E-state index contributed by atoms with van der Waals surface area (Å²) in [4.78, 5) is 0. The average Bonchev–Trinajstić information content (AvgIpc) is 2.60. The standard InChI is InChI=1S/C26H30/c1-25(2,3)21-17-22(19-13-9-7-10-14-19)24(20-15-11-8-12-16-20)23(18-21)26(4,5)6/h7-18H,1-6H3. The van der Waals surface area contributed by atoms with Crippen molar-refractivity contribution < 1.29 is 0 Å². The van der Waals surface area contributed by atoms with Crippen LogP contribution in [0.1, 0.15) is 52.7 Å². The highest BCUT2D eigenvalue weighted by Gasteiger charge is 2.26. The molecule has 0 amide bonds. The second-order valence-electron chi connectivity index (χ2n) is 9.18. The number of benzene rings is 3. The van der Waals surface area contributed by atoms with Crippen molar-refractivity contribution in [3.63, 3.8) is 0 Å². The van der Waals surface area contributed by atoms with Gasteiger partial charge in [0.1, 0.15) is 0 Å². The van der Waals surface area contributed by atoms with Gasteiger partial charge in [0.05, 0.1) is 0 Å². The molecule has 0 aromatic heterocycles. The predicted molar refractivity (Wildman–Crippen MR) is 115 cm³/mol. The summed E-state index contributed by atoms with van der Waals surface area (Å²) in [5.41, 5.74) is 8.23. The molecule has 0 aliphatic rings. The normalized spacial score (nSPS) is 12.2. The van der Waals surface area contributed by atoms with E-state index in [0.717, 1.165) is 0 Å². The Labute approximate surface area is 158 Å². The quantitative estimate of drug-likeness (QED) is 0.449. The van der Waals surface area contributed by atoms with E-state index >= 15 is 0 Å². The number of rotatable bonds is 2. The minimum Gasteiger partial charge on any atom is -0.0622 e. The first-order valence-electron chi connectivity index (χ1n) is 9.48. The van der Waals surface area contributed by atoms with Gasteiger partial charge in [-0.3, -0.25) is 0 Å². The lowest BCUT2D eigenvalue weighted by molar-refractivity contribution is 0.570. The fourth-order valence-electron chi connectivity index (χ4n) is 3.43. The Balaban J connectivity index is 2.43. The number of hydrogen-bond acceptors (Lipinski definition) is 0. The Bertz CT molecular complexity index is 873. The summed E-state index contributed by atoms with van der Waals surface area (Å²) in [6.07, 6.45) is 0. The molecule has 0 aliphatic carbocycles. The van der Waals surface area contributed by atoms with Gasteiger partial charge in [0.25, 0.3) is 0 Å². The summed E-state index contributed by atoms with van der Waals surface area (Å²) in [6.45, 7) is 13.8. The minimum absolute atomic E-state index is 0.0654. The second-order valence-corrected chi connectivity index (χ2v) is 9.18. The first kappa shape index (κ1) is 18.5. The molecule has 134 valence electrons. The van der Waals surface area contributed by atoms with Crippen molar-refractivity contribution in [1.29, 1.82) is 0 Å². The molecule has 0 nitrogen and oxygen atoms in total. The zero-order chi connectivity index (χ0) is 18.9. The molecule has 0 unspecified atom stereocenters. The molecule has 0 bridgehead atoms. The van der Waals surface area contributed by atoms with E-state index in [0.29, 0.717) is 0 Å². The van der Waals surface area contributed by atoms with Crippen LogP contribution in [0.2, 0.25) is 0 Å². The summed E-state index contributed by atoms with van der Waals surface area (Å²) in [6, 6.07) is 26.4. The van der Waals surface area contributed by atoms with E-state index in [9.17, 15) is 0 Å². The zero-order valence-electron chi connectivity index (χ0n) is 16.9. The first-order chi connectivity index (χ1) is 12.2. The minimum atomic E-state index is 0.0654. The van der Waals surface area contributed by atoms with Crippen LogP contribution in [0.25, 0.3) is 22.3 Å². The van der Waals surface area contributed by atoms with Crippen LogP contribution >= 0.6 is 0 Å². The molecule has 0 N–H and O–H groups in total. The molecule has 0 fully saturated rings. The van der Waals surface area contributed by atoms with Gasteiger partial charge in [0.2, 0.25) is 0 Å². The van der Waals surface area contributed by atoms with E-state index < -0.39 is 0 Å². The average molecular weight is 343 g/mol. The molecule has 0 spiro atoms. The van der Waals surface area contributed by atoms with Gasteiger partial charge in [0, 0.05) is 0 Å². The predicted octanol–water partition coefficient (Wildman–Crippen LogP) is 7.62. The van der Waals surface area contributed by atoms with E-state index in [1.807, 2.05) is 0 Å². The summed E-state index contributed by atoms with van der Waals surface area (Å²) >= 11 is 0. The van der Waals surface area contributed by atoms with Crippen molar-refractivity contribution in [1.82, 2.24) is 0 Å². The van der Waals surface area contributed by atoms with Gasteiger partial charge in [-0.05, 0) is 50.3 Å². The molecule has 3 rings (SSSR count). The van der Waals surface area contributed by atoms with Gasteiger partial charge in [-0.2, -0.15) is 0 Å². The number of hydrogen-bond donors (Lipinski definition) is 0. The molecule has 0 heterocycles. The molecule has 0 saturated heterocycles. The Morgan fingerprint density at radius 2 is 1.04 bits per heavy atom. The van der Waals surface area contributed by atoms with Crippen molar-refractivity contribution in [3.05, 3.63) is 83.9 Å². The third-order valence-electron chi connectivity index (χ3n) is 4.96. The van der Waals surface area contributed by atoms with Crippen molar-refractivity contribution in [2.24, 2.45) is 0 Å². The second kappa shape index (κ2) is 6.76. The van der Waals surface area contributed by atoms with Crippen molar-refractivity contribution in [2.75, 3.05) is 0 Å². The molecule has 26 heavy (non-hydrogen) atoms. The fraction of sp³-hybridized carbons (Fsp3) is 0.308. The molecular formula is C26H30. The van der Waals surface area contributed by atoms with Crippen LogP contribution in [0.3, 0.4) is 0 Å². The third-order valence-corrected chi connectivity index (χ3v) is 4.96. The Morgan fingerprint density at radius 3 is 1.50 bits per heavy atom. The Hall–Kier alpha value is -2.34. The lowest BCUT2D eigenvalue weighted by Gasteiger charge is -2.30. The smallest absolute Gasteiger partial charge is 0.00678 e. The van der Waals surface area contributed by atoms with E-state index in [2.05, 4.69) is 114 Å². The molecule has 0 saturated carbocycles. The highest BCUT2D eigenvalue weighted by molar-refractivity contribution is 5.87. The maximum atomic E-state index is 2.43. The Kier molecular flexibility index (Phi) is 4.80. The summed E-state index contributed by atoms with van der Waals surface area (Å²) in [5.74, 6) is 0. The lowest BCUT2D eigenvalue weighted by Crippen LogP contribution is -2.18. The van der Waals surface area contributed by atoms with Gasteiger partial charge in [-0.15, -0.1) is 0 Å². The monoisotopic (exact) mass is 342 g/mol. The van der Waals surface area contributed by atoms with Crippen LogP contribution in [0.4, 0.5) is 0 Å². The van der Waals surface area contributed by atoms with Crippen LogP contribution in [-0.2, 0) is 10.8 Å². The van der Waals surface area contributed by atoms with Crippen LogP contribution in [-0.4, -0.2) is 0 Å². The fourth-order valence-corrected chi connectivity index (χ4v) is 3.43. The highest BCUT2D eigenvalue weighted by atomic mass is 14.3. The topological polar surface area (TPSA) is 0 Å². The van der Waals surface area contributed by atoms with Gasteiger partial charge in [-0.1, -0.05) is 108 Å². The summed E-state index contributed by atoms with van der Waals surface area (Å²) in [7, 11) is 0. The van der Waals surface area contributed by atoms with Crippen LogP contribution in [0, 0.1) is 0 Å². The summed E-state index contributed by atoms with van der Waals surface area (Å²) in [5, 5.41) is 0. The SMILES string of the molecule is CC(C)(C)c1cc(-c2ccccc2)c(-c2ccccc2)c(C(C)(C)C)c1. The van der Waals surface area contributed by atoms with E-state index in [-0.39, 0.29) is 10.8 Å². The molecule has 0 radical (unpaired) electrons. The summed E-state index contributed by atoms with van der Waals surface area (Å²) < 4.78 is 0. The maximum Gasteiger partial charge on any atom is -0.00678 e. The van der Waals surface area contributed by atoms with E-state index in [4.69, 9.17) is 0 Å². The third kappa shape index (κ3) is 3.75. The maximum absolute atomic E-state index is 2.43. The largest absolute Gasteiger partial charge is 0.0622 e. The Morgan fingerprint density at radius 1 is 0.538 bits per heavy atom. The van der Waals surface area contributed by atoms with Crippen LogP contribution in [0.15, 0.2) is 72.8 Å². The van der Waals surface area contributed by atoms with Crippen molar-refractivity contribution in [2.45, 2.75) is 52.4 Å².